The SMILES string of the molecule is Cc1cccc(CC23CCN(C(=O)CC(C)(C)O)C2CCc2cc(C(C)(F)C(F)(F)F)ccc23)c1. The highest BCUT2D eigenvalue weighted by molar-refractivity contribution is 5.78. The van der Waals surface area contributed by atoms with Gasteiger partial charge in [-0.15, -0.1) is 0 Å². The van der Waals surface area contributed by atoms with Crippen molar-refractivity contribution in [3.63, 3.8) is 0 Å². The fourth-order valence-electron chi connectivity index (χ4n) is 5.98. The molecule has 0 radical (unpaired) electrons. The molecule has 0 spiro atoms. The number of amides is 1. The zero-order valence-electron chi connectivity index (χ0n) is 20.7. The molecule has 3 unspecified atom stereocenters. The van der Waals surface area contributed by atoms with Crippen LogP contribution in [0.25, 0.3) is 0 Å². The number of nitrogens with zero attached hydrogens (tertiary/aromatic N) is 1. The Balaban J connectivity index is 1.79. The molecule has 2 aromatic rings. The molecule has 0 saturated carbocycles. The first kappa shape index (κ1) is 25.7. The molecule has 1 N–H and O–H groups in total. The Morgan fingerprint density at radius 3 is 2.46 bits per heavy atom. The van der Waals surface area contributed by atoms with Gasteiger partial charge in [-0.2, -0.15) is 13.2 Å². The van der Waals surface area contributed by atoms with Crippen LogP contribution >= 0.6 is 0 Å². The second-order valence-corrected chi connectivity index (χ2v) is 11.1. The summed E-state index contributed by atoms with van der Waals surface area (Å²) in [6.07, 6.45) is -2.68. The van der Waals surface area contributed by atoms with Crippen LogP contribution in [0, 0.1) is 6.92 Å². The van der Waals surface area contributed by atoms with Gasteiger partial charge in [0.25, 0.3) is 0 Å². The summed E-state index contributed by atoms with van der Waals surface area (Å²) in [5, 5.41) is 10.2. The van der Waals surface area contributed by atoms with Gasteiger partial charge >= 0.3 is 6.18 Å². The summed E-state index contributed by atoms with van der Waals surface area (Å²) in [6, 6.07) is 12.3. The lowest BCUT2D eigenvalue weighted by Gasteiger charge is -2.44. The van der Waals surface area contributed by atoms with Gasteiger partial charge in [-0.05, 0) is 75.6 Å². The number of halogens is 4. The Bertz CT molecular complexity index is 1120. The Labute approximate surface area is 204 Å². The van der Waals surface area contributed by atoms with Gasteiger partial charge in [-0.1, -0.05) is 48.0 Å². The first-order valence-corrected chi connectivity index (χ1v) is 12.1. The summed E-state index contributed by atoms with van der Waals surface area (Å²) < 4.78 is 55.0. The minimum atomic E-state index is -5.01. The van der Waals surface area contributed by atoms with Crippen LogP contribution in [-0.4, -0.2) is 40.3 Å². The van der Waals surface area contributed by atoms with E-state index in [1.165, 1.54) is 12.1 Å². The Morgan fingerprint density at radius 2 is 1.83 bits per heavy atom. The summed E-state index contributed by atoms with van der Waals surface area (Å²) in [5.41, 5.74) is -1.63. The minimum Gasteiger partial charge on any atom is -0.390 e. The molecule has 0 aromatic heterocycles. The molecular formula is C28H33F4NO2. The van der Waals surface area contributed by atoms with Crippen molar-refractivity contribution < 1.29 is 27.5 Å². The lowest BCUT2D eigenvalue weighted by atomic mass is 9.63. The molecule has 3 atom stereocenters. The van der Waals surface area contributed by atoms with Crippen LogP contribution in [0.15, 0.2) is 42.5 Å². The number of likely N-dealkylation sites (tertiary alicyclic amines) is 1. The molecule has 7 heteroatoms. The van der Waals surface area contributed by atoms with E-state index in [0.29, 0.717) is 39.2 Å². The molecule has 2 aromatic carbocycles. The van der Waals surface area contributed by atoms with Crippen molar-refractivity contribution in [1.29, 1.82) is 0 Å². The molecule has 1 aliphatic heterocycles. The van der Waals surface area contributed by atoms with E-state index in [-0.39, 0.29) is 23.9 Å². The number of fused-ring (bicyclic) bond motifs is 3. The van der Waals surface area contributed by atoms with Crippen LogP contribution in [0.1, 0.15) is 67.9 Å². The molecule has 1 heterocycles. The number of carbonyl (C=O) groups is 1. The number of benzene rings is 2. The summed E-state index contributed by atoms with van der Waals surface area (Å²) >= 11 is 0. The van der Waals surface area contributed by atoms with Crippen LogP contribution in [-0.2, 0) is 28.7 Å². The fourth-order valence-corrected chi connectivity index (χ4v) is 5.98. The van der Waals surface area contributed by atoms with E-state index in [2.05, 4.69) is 6.07 Å². The maximum atomic E-state index is 14.8. The maximum Gasteiger partial charge on any atom is 0.426 e. The second-order valence-electron chi connectivity index (χ2n) is 11.1. The number of carbonyl (C=O) groups excluding carboxylic acids is 1. The molecule has 2 aliphatic rings. The van der Waals surface area contributed by atoms with Gasteiger partial charge in [0.05, 0.1) is 12.0 Å². The molecule has 0 bridgehead atoms. The summed E-state index contributed by atoms with van der Waals surface area (Å²) in [6.45, 7) is 6.29. The number of rotatable bonds is 5. The third kappa shape index (κ3) is 4.72. The van der Waals surface area contributed by atoms with E-state index in [9.17, 15) is 27.5 Å². The van der Waals surface area contributed by atoms with Crippen LogP contribution < -0.4 is 0 Å². The van der Waals surface area contributed by atoms with Crippen molar-refractivity contribution in [3.8, 4) is 0 Å². The largest absolute Gasteiger partial charge is 0.426 e. The highest BCUT2D eigenvalue weighted by atomic mass is 19.4. The molecular weight excluding hydrogens is 458 g/mol. The number of aliphatic hydroxyl groups is 1. The van der Waals surface area contributed by atoms with Crippen molar-refractivity contribution in [2.75, 3.05) is 6.54 Å². The minimum absolute atomic E-state index is 0.00160. The van der Waals surface area contributed by atoms with Crippen LogP contribution in [0.5, 0.6) is 0 Å². The molecule has 3 nitrogen and oxygen atoms in total. The van der Waals surface area contributed by atoms with Gasteiger partial charge in [0.2, 0.25) is 11.6 Å². The van der Waals surface area contributed by atoms with Crippen LogP contribution in [0.2, 0.25) is 0 Å². The molecule has 4 rings (SSSR count). The summed E-state index contributed by atoms with van der Waals surface area (Å²) in [7, 11) is 0. The quantitative estimate of drug-likeness (QED) is 0.527. The van der Waals surface area contributed by atoms with Crippen molar-refractivity contribution in [1.82, 2.24) is 4.90 Å². The predicted octanol–water partition coefficient (Wildman–Crippen LogP) is 5.93. The lowest BCUT2D eigenvalue weighted by molar-refractivity contribution is -0.228. The lowest BCUT2D eigenvalue weighted by Crippen LogP contribution is -2.50. The van der Waals surface area contributed by atoms with Crippen molar-refractivity contribution in [2.45, 2.75) is 88.7 Å². The third-order valence-corrected chi connectivity index (χ3v) is 7.72. The van der Waals surface area contributed by atoms with Crippen LogP contribution in [0.4, 0.5) is 17.6 Å². The standard InChI is InChI=1S/C28H33F4NO2/c1-18-6-5-7-19(14-18)16-27-12-13-33(24(34)17-25(2,3)35)23(27)11-8-20-15-21(9-10-22(20)27)26(4,29)28(30,31)32/h5-7,9-10,14-15,23,35H,8,11-13,16-17H2,1-4H3. The third-order valence-electron chi connectivity index (χ3n) is 7.72. The first-order chi connectivity index (χ1) is 16.1. The number of aryl methyl sites for hydroxylation is 2. The molecule has 35 heavy (non-hydrogen) atoms. The average molecular weight is 492 g/mol. The average Bonchev–Trinajstić information content (AvgIpc) is 3.11. The van der Waals surface area contributed by atoms with E-state index >= 15 is 0 Å². The number of hydrogen-bond donors (Lipinski definition) is 1. The van der Waals surface area contributed by atoms with Crippen molar-refractivity contribution in [3.05, 3.63) is 70.3 Å². The van der Waals surface area contributed by atoms with Crippen LogP contribution in [0.3, 0.4) is 0 Å². The van der Waals surface area contributed by atoms with E-state index in [1.807, 2.05) is 30.0 Å². The Kier molecular flexibility index (Phi) is 6.32. The smallest absolute Gasteiger partial charge is 0.390 e. The number of alkyl halides is 4. The van der Waals surface area contributed by atoms with E-state index < -0.39 is 22.9 Å². The zero-order chi connectivity index (χ0) is 25.8. The predicted molar refractivity (Wildman–Crippen MR) is 127 cm³/mol. The molecule has 1 amide bonds. The second kappa shape index (κ2) is 8.61. The van der Waals surface area contributed by atoms with E-state index in [1.54, 1.807) is 19.9 Å². The fraction of sp³-hybridized carbons (Fsp3) is 0.536. The van der Waals surface area contributed by atoms with Gasteiger partial charge in [0.1, 0.15) is 0 Å². The highest BCUT2D eigenvalue weighted by Gasteiger charge is 2.55. The van der Waals surface area contributed by atoms with Gasteiger partial charge < -0.3 is 10.0 Å². The molecule has 1 saturated heterocycles. The van der Waals surface area contributed by atoms with Gasteiger partial charge in [-0.25, -0.2) is 4.39 Å². The summed E-state index contributed by atoms with van der Waals surface area (Å²) in [4.78, 5) is 15.0. The Hall–Kier alpha value is -2.41. The van der Waals surface area contributed by atoms with Gasteiger partial charge in [0, 0.05) is 18.0 Å². The summed E-state index contributed by atoms with van der Waals surface area (Å²) in [5.74, 6) is -0.123. The molecule has 190 valence electrons. The highest BCUT2D eigenvalue weighted by Crippen LogP contribution is 2.51. The molecule has 1 aliphatic carbocycles. The zero-order valence-corrected chi connectivity index (χ0v) is 20.7. The number of hydrogen-bond acceptors (Lipinski definition) is 2. The monoisotopic (exact) mass is 491 g/mol. The van der Waals surface area contributed by atoms with Gasteiger partial charge in [-0.3, -0.25) is 4.79 Å². The normalized spacial score (nSPS) is 24.0. The molecule has 1 fully saturated rings. The maximum absolute atomic E-state index is 14.8. The van der Waals surface area contributed by atoms with Gasteiger partial charge in [0.15, 0.2) is 0 Å². The van der Waals surface area contributed by atoms with E-state index in [0.717, 1.165) is 22.3 Å². The van der Waals surface area contributed by atoms with Crippen molar-refractivity contribution >= 4 is 5.91 Å². The van der Waals surface area contributed by atoms with Crippen molar-refractivity contribution in [2.24, 2.45) is 0 Å². The van der Waals surface area contributed by atoms with E-state index in [4.69, 9.17) is 0 Å². The topological polar surface area (TPSA) is 40.5 Å². The first-order valence-electron chi connectivity index (χ1n) is 12.1. The Morgan fingerprint density at radius 1 is 1.11 bits per heavy atom.